The molecule has 0 atom stereocenters. The number of anilines is 1. The molecule has 0 bridgehead atoms. The number of rotatable bonds is 4. The second-order valence-corrected chi connectivity index (χ2v) is 3.79. The smallest absolute Gasteiger partial charge is 0.250 e. The highest BCUT2D eigenvalue weighted by molar-refractivity contribution is 6.33. The highest BCUT2D eigenvalue weighted by Crippen LogP contribution is 2.20. The molecule has 0 unspecified atom stereocenters. The quantitative estimate of drug-likeness (QED) is 0.871. The van der Waals surface area contributed by atoms with E-state index >= 15 is 0 Å². The molecule has 17 heavy (non-hydrogen) atoms. The molecule has 0 radical (unpaired) electrons. The number of nitrogens with two attached hydrogens (primary N) is 1. The molecule has 1 aromatic carbocycles. The zero-order chi connectivity index (χ0) is 12.3. The number of hydrogen-bond donors (Lipinski definition) is 2. The Morgan fingerprint density at radius 1 is 1.53 bits per heavy atom. The van der Waals surface area contributed by atoms with Crippen LogP contribution in [0.1, 0.15) is 16.1 Å². The van der Waals surface area contributed by atoms with Crippen molar-refractivity contribution in [2.24, 2.45) is 5.73 Å². The molecule has 0 fully saturated rings. The number of halogens is 1. The first kappa shape index (κ1) is 11.5. The molecule has 88 valence electrons. The number of aromatic nitrogens is 1. The Labute approximate surface area is 103 Å². The van der Waals surface area contributed by atoms with Crippen LogP contribution in [-0.2, 0) is 6.54 Å². The van der Waals surface area contributed by atoms with Gasteiger partial charge in [-0.1, -0.05) is 11.6 Å². The fourth-order valence-electron chi connectivity index (χ4n) is 1.34. The summed E-state index contributed by atoms with van der Waals surface area (Å²) in [7, 11) is 0. The molecule has 0 saturated carbocycles. The summed E-state index contributed by atoms with van der Waals surface area (Å²) in [5, 5.41) is 3.41. The standard InChI is InChI=1S/C11H10ClN3O2/c12-10-2-1-7(3-9(10)11(13)16)15-5-8-4-14-6-17-8/h1-4,6,15H,5H2,(H2,13,16). The van der Waals surface area contributed by atoms with Crippen molar-refractivity contribution >= 4 is 23.2 Å². The largest absolute Gasteiger partial charge is 0.447 e. The molecule has 1 amide bonds. The molecular weight excluding hydrogens is 242 g/mol. The van der Waals surface area contributed by atoms with Crippen LogP contribution in [0.25, 0.3) is 0 Å². The Morgan fingerprint density at radius 2 is 2.35 bits per heavy atom. The minimum atomic E-state index is -0.557. The molecule has 0 saturated heterocycles. The van der Waals surface area contributed by atoms with Gasteiger partial charge in [0.1, 0.15) is 5.76 Å². The van der Waals surface area contributed by atoms with Crippen molar-refractivity contribution in [2.45, 2.75) is 6.54 Å². The first-order valence-corrected chi connectivity index (χ1v) is 5.25. The van der Waals surface area contributed by atoms with Crippen molar-refractivity contribution in [3.05, 3.63) is 47.1 Å². The lowest BCUT2D eigenvalue weighted by atomic mass is 10.2. The fourth-order valence-corrected chi connectivity index (χ4v) is 1.55. The van der Waals surface area contributed by atoms with Gasteiger partial charge < -0.3 is 15.5 Å². The van der Waals surface area contributed by atoms with Gasteiger partial charge in [0.15, 0.2) is 6.39 Å². The van der Waals surface area contributed by atoms with Crippen LogP contribution in [0.3, 0.4) is 0 Å². The van der Waals surface area contributed by atoms with E-state index in [-0.39, 0.29) is 5.56 Å². The number of nitrogens with zero attached hydrogens (tertiary/aromatic N) is 1. The van der Waals surface area contributed by atoms with E-state index < -0.39 is 5.91 Å². The zero-order valence-corrected chi connectivity index (χ0v) is 9.57. The Bertz CT molecular complexity index is 526. The second-order valence-electron chi connectivity index (χ2n) is 3.38. The molecule has 0 aliphatic heterocycles. The SMILES string of the molecule is NC(=O)c1cc(NCc2cnco2)ccc1Cl. The lowest BCUT2D eigenvalue weighted by Crippen LogP contribution is -2.12. The van der Waals surface area contributed by atoms with E-state index in [9.17, 15) is 4.79 Å². The van der Waals surface area contributed by atoms with Crippen molar-refractivity contribution in [3.8, 4) is 0 Å². The van der Waals surface area contributed by atoms with Gasteiger partial charge in [-0.05, 0) is 18.2 Å². The van der Waals surface area contributed by atoms with Crippen LogP contribution < -0.4 is 11.1 Å². The third-order valence-corrected chi connectivity index (χ3v) is 2.51. The molecule has 2 rings (SSSR count). The molecular formula is C11H10ClN3O2. The van der Waals surface area contributed by atoms with E-state index in [1.165, 1.54) is 6.39 Å². The summed E-state index contributed by atoms with van der Waals surface area (Å²) in [6.45, 7) is 0.472. The van der Waals surface area contributed by atoms with E-state index in [0.717, 1.165) is 5.69 Å². The Kier molecular flexibility index (Phi) is 3.30. The highest BCUT2D eigenvalue weighted by Gasteiger charge is 2.07. The third-order valence-electron chi connectivity index (χ3n) is 2.18. The second kappa shape index (κ2) is 4.88. The summed E-state index contributed by atoms with van der Waals surface area (Å²) in [6, 6.07) is 4.97. The van der Waals surface area contributed by atoms with Crippen LogP contribution in [0.15, 0.2) is 35.2 Å². The van der Waals surface area contributed by atoms with Gasteiger partial charge in [0, 0.05) is 5.69 Å². The van der Waals surface area contributed by atoms with Crippen molar-refractivity contribution in [1.82, 2.24) is 4.98 Å². The first-order valence-electron chi connectivity index (χ1n) is 4.87. The monoisotopic (exact) mass is 251 g/mol. The Balaban J connectivity index is 2.11. The van der Waals surface area contributed by atoms with Crippen molar-refractivity contribution < 1.29 is 9.21 Å². The van der Waals surface area contributed by atoms with Gasteiger partial charge >= 0.3 is 0 Å². The first-order chi connectivity index (χ1) is 8.16. The van der Waals surface area contributed by atoms with Gasteiger partial charge in [-0.2, -0.15) is 0 Å². The van der Waals surface area contributed by atoms with Crippen molar-refractivity contribution in [2.75, 3.05) is 5.32 Å². The number of nitrogens with one attached hydrogen (secondary N) is 1. The topological polar surface area (TPSA) is 81.2 Å². The lowest BCUT2D eigenvalue weighted by Gasteiger charge is -2.06. The maximum Gasteiger partial charge on any atom is 0.250 e. The summed E-state index contributed by atoms with van der Waals surface area (Å²) >= 11 is 5.83. The average molecular weight is 252 g/mol. The van der Waals surface area contributed by atoms with E-state index in [0.29, 0.717) is 17.3 Å². The lowest BCUT2D eigenvalue weighted by molar-refractivity contribution is 0.100. The predicted octanol–water partition coefficient (Wildman–Crippen LogP) is 2.04. The minimum absolute atomic E-state index is 0.286. The third kappa shape index (κ3) is 2.76. The number of benzene rings is 1. The Hall–Kier alpha value is -2.01. The van der Waals surface area contributed by atoms with Gasteiger partial charge in [0.2, 0.25) is 5.91 Å². The van der Waals surface area contributed by atoms with Crippen molar-refractivity contribution in [3.63, 3.8) is 0 Å². The Morgan fingerprint density at radius 3 is 3.00 bits per heavy atom. The predicted molar refractivity (Wildman–Crippen MR) is 63.8 cm³/mol. The van der Waals surface area contributed by atoms with Crippen LogP contribution >= 0.6 is 11.6 Å². The molecule has 3 N–H and O–H groups in total. The van der Waals surface area contributed by atoms with E-state index in [1.807, 2.05) is 0 Å². The number of carbonyl (C=O) groups excluding carboxylic acids is 1. The van der Waals surface area contributed by atoms with Crippen LogP contribution in [0.2, 0.25) is 5.02 Å². The molecule has 0 spiro atoms. The molecule has 0 aliphatic rings. The summed E-state index contributed by atoms with van der Waals surface area (Å²) < 4.78 is 5.07. The summed E-state index contributed by atoms with van der Waals surface area (Å²) in [4.78, 5) is 14.9. The normalized spacial score (nSPS) is 10.2. The molecule has 2 aromatic rings. The molecule has 6 heteroatoms. The van der Waals surface area contributed by atoms with Gasteiger partial charge in [-0.3, -0.25) is 4.79 Å². The average Bonchev–Trinajstić information content (AvgIpc) is 2.80. The minimum Gasteiger partial charge on any atom is -0.447 e. The number of carbonyl (C=O) groups is 1. The maximum atomic E-state index is 11.1. The number of hydrogen-bond acceptors (Lipinski definition) is 4. The van der Waals surface area contributed by atoms with Crippen LogP contribution in [0.5, 0.6) is 0 Å². The maximum absolute atomic E-state index is 11.1. The summed E-state index contributed by atoms with van der Waals surface area (Å²) in [5.41, 5.74) is 6.22. The van der Waals surface area contributed by atoms with E-state index in [2.05, 4.69) is 10.3 Å². The van der Waals surface area contributed by atoms with Crippen LogP contribution in [0.4, 0.5) is 5.69 Å². The van der Waals surface area contributed by atoms with Crippen LogP contribution in [-0.4, -0.2) is 10.9 Å². The fraction of sp³-hybridized carbons (Fsp3) is 0.0909. The number of amides is 1. The number of oxazole rings is 1. The molecule has 1 aromatic heterocycles. The van der Waals surface area contributed by atoms with E-state index in [4.69, 9.17) is 21.8 Å². The highest BCUT2D eigenvalue weighted by atomic mass is 35.5. The van der Waals surface area contributed by atoms with E-state index in [1.54, 1.807) is 24.4 Å². The zero-order valence-electron chi connectivity index (χ0n) is 8.81. The van der Waals surface area contributed by atoms with Crippen LogP contribution in [0, 0.1) is 0 Å². The van der Waals surface area contributed by atoms with Crippen molar-refractivity contribution in [1.29, 1.82) is 0 Å². The molecule has 5 nitrogen and oxygen atoms in total. The van der Waals surface area contributed by atoms with Gasteiger partial charge in [-0.25, -0.2) is 4.98 Å². The number of primary amides is 1. The van der Waals surface area contributed by atoms with Gasteiger partial charge in [0.25, 0.3) is 0 Å². The van der Waals surface area contributed by atoms with Gasteiger partial charge in [0.05, 0.1) is 23.3 Å². The van der Waals surface area contributed by atoms with Gasteiger partial charge in [-0.15, -0.1) is 0 Å². The summed E-state index contributed by atoms with van der Waals surface area (Å²) in [5.74, 6) is 0.138. The summed E-state index contributed by atoms with van der Waals surface area (Å²) in [6.07, 6.45) is 2.96. The molecule has 1 heterocycles. The molecule has 0 aliphatic carbocycles.